The van der Waals surface area contributed by atoms with E-state index in [4.69, 9.17) is 9.97 Å². The van der Waals surface area contributed by atoms with Crippen LogP contribution >= 0.6 is 0 Å². The third kappa shape index (κ3) is 4.40. The number of rotatable bonds is 6. The van der Waals surface area contributed by atoms with Gasteiger partial charge in [0.1, 0.15) is 5.82 Å². The minimum Gasteiger partial charge on any atom is -0.369 e. The van der Waals surface area contributed by atoms with Crippen LogP contribution in [-0.4, -0.2) is 49.2 Å². The van der Waals surface area contributed by atoms with Crippen molar-refractivity contribution in [3.8, 4) is 33.8 Å². The van der Waals surface area contributed by atoms with Crippen LogP contribution in [0.3, 0.4) is 0 Å². The lowest BCUT2D eigenvalue weighted by atomic mass is 10.00. The van der Waals surface area contributed by atoms with Gasteiger partial charge >= 0.3 is 0 Å². The molecule has 0 saturated carbocycles. The second kappa shape index (κ2) is 8.92. The summed E-state index contributed by atoms with van der Waals surface area (Å²) in [6.07, 6.45) is 10.1. The quantitative estimate of drug-likeness (QED) is 0.490. The number of piperidine rings is 1. The van der Waals surface area contributed by atoms with Gasteiger partial charge in [-0.3, -0.25) is 9.36 Å². The van der Waals surface area contributed by atoms with Crippen LogP contribution in [0, 0.1) is 5.92 Å². The SMILES string of the molecule is Cn1cc(-c2cccc(-c3ncc(-c4ccn(C)n4)c(NCC4CCCNC4)n3)c2)cn1. The lowest BCUT2D eigenvalue weighted by Gasteiger charge is -2.23. The summed E-state index contributed by atoms with van der Waals surface area (Å²) in [5, 5.41) is 15.9. The maximum Gasteiger partial charge on any atom is 0.161 e. The molecule has 1 aromatic carbocycles. The minimum atomic E-state index is 0.590. The summed E-state index contributed by atoms with van der Waals surface area (Å²) in [4.78, 5) is 9.64. The molecule has 32 heavy (non-hydrogen) atoms. The first-order valence-corrected chi connectivity index (χ1v) is 11.1. The Morgan fingerprint density at radius 2 is 2.00 bits per heavy atom. The van der Waals surface area contributed by atoms with E-state index in [1.807, 2.05) is 61.8 Å². The molecule has 4 heterocycles. The Labute approximate surface area is 187 Å². The molecule has 5 rings (SSSR count). The molecule has 0 radical (unpaired) electrons. The number of nitrogens with zero attached hydrogens (tertiary/aromatic N) is 6. The van der Waals surface area contributed by atoms with Crippen LogP contribution in [0.2, 0.25) is 0 Å². The molecule has 4 aromatic rings. The Hall–Kier alpha value is -3.52. The fraction of sp³-hybridized carbons (Fsp3) is 0.333. The molecule has 1 aliphatic heterocycles. The molecule has 1 unspecified atom stereocenters. The highest BCUT2D eigenvalue weighted by Crippen LogP contribution is 2.29. The highest BCUT2D eigenvalue weighted by atomic mass is 15.3. The van der Waals surface area contributed by atoms with Gasteiger partial charge in [-0.05, 0) is 49.5 Å². The standard InChI is InChI=1S/C24H28N8/c1-31-10-8-22(30-31)21-15-27-23(29-24(21)26-13-17-5-4-9-25-12-17)19-7-3-6-18(11-19)20-14-28-32(2)16-20/h3,6-8,10-11,14-17,25H,4-5,9,12-13H2,1-2H3,(H,26,27,29). The fourth-order valence-corrected chi connectivity index (χ4v) is 4.15. The zero-order chi connectivity index (χ0) is 21.9. The van der Waals surface area contributed by atoms with Gasteiger partial charge in [0, 0.05) is 50.4 Å². The average molecular weight is 429 g/mol. The first kappa shape index (κ1) is 20.4. The number of aryl methyl sites for hydroxylation is 2. The normalized spacial score (nSPS) is 16.2. The van der Waals surface area contributed by atoms with Crippen LogP contribution in [-0.2, 0) is 14.1 Å². The van der Waals surface area contributed by atoms with Crippen LogP contribution in [0.15, 0.2) is 55.1 Å². The van der Waals surface area contributed by atoms with Crippen molar-refractivity contribution >= 4 is 5.82 Å². The van der Waals surface area contributed by atoms with Crippen LogP contribution in [0.4, 0.5) is 5.82 Å². The Balaban J connectivity index is 1.48. The van der Waals surface area contributed by atoms with E-state index >= 15 is 0 Å². The predicted octanol–water partition coefficient (Wildman–Crippen LogP) is 3.36. The minimum absolute atomic E-state index is 0.590. The molecule has 0 bridgehead atoms. The number of anilines is 1. The molecular weight excluding hydrogens is 400 g/mol. The van der Waals surface area contributed by atoms with Gasteiger partial charge in [-0.1, -0.05) is 18.2 Å². The summed E-state index contributed by atoms with van der Waals surface area (Å²) in [5.74, 6) is 2.11. The van der Waals surface area contributed by atoms with E-state index in [0.717, 1.165) is 53.4 Å². The second-order valence-corrected chi connectivity index (χ2v) is 8.41. The maximum atomic E-state index is 4.94. The third-order valence-electron chi connectivity index (χ3n) is 5.89. The molecule has 0 amide bonds. The summed E-state index contributed by atoms with van der Waals surface area (Å²) in [6.45, 7) is 3.02. The van der Waals surface area contributed by atoms with Gasteiger partial charge in [0.05, 0.1) is 17.5 Å². The largest absolute Gasteiger partial charge is 0.369 e. The van der Waals surface area contributed by atoms with Crippen molar-refractivity contribution in [1.82, 2.24) is 34.8 Å². The summed E-state index contributed by atoms with van der Waals surface area (Å²) < 4.78 is 3.61. The second-order valence-electron chi connectivity index (χ2n) is 8.41. The van der Waals surface area contributed by atoms with E-state index in [2.05, 4.69) is 33.0 Å². The van der Waals surface area contributed by atoms with E-state index in [9.17, 15) is 0 Å². The van der Waals surface area contributed by atoms with Gasteiger partial charge in [-0.15, -0.1) is 0 Å². The highest BCUT2D eigenvalue weighted by molar-refractivity contribution is 5.75. The maximum absolute atomic E-state index is 4.94. The predicted molar refractivity (Wildman–Crippen MR) is 126 cm³/mol. The molecule has 0 aliphatic carbocycles. The Bertz CT molecular complexity index is 1200. The molecule has 3 aromatic heterocycles. The topological polar surface area (TPSA) is 85.5 Å². The first-order valence-electron chi connectivity index (χ1n) is 11.1. The van der Waals surface area contributed by atoms with Gasteiger partial charge in [0.15, 0.2) is 5.82 Å². The van der Waals surface area contributed by atoms with E-state index in [1.165, 1.54) is 12.8 Å². The molecule has 1 fully saturated rings. The molecule has 1 saturated heterocycles. The van der Waals surface area contributed by atoms with Crippen LogP contribution in [0.1, 0.15) is 12.8 Å². The number of aromatic nitrogens is 6. The van der Waals surface area contributed by atoms with Gasteiger partial charge in [-0.25, -0.2) is 9.97 Å². The van der Waals surface area contributed by atoms with Crippen molar-refractivity contribution in [2.24, 2.45) is 20.0 Å². The Kier molecular flexibility index (Phi) is 5.68. The zero-order valence-corrected chi connectivity index (χ0v) is 18.5. The summed E-state index contributed by atoms with van der Waals surface area (Å²) in [7, 11) is 3.84. The van der Waals surface area contributed by atoms with Crippen molar-refractivity contribution in [2.45, 2.75) is 12.8 Å². The number of hydrogen-bond acceptors (Lipinski definition) is 6. The molecule has 8 heteroatoms. The molecule has 1 atom stereocenters. The first-order chi connectivity index (χ1) is 15.7. The number of hydrogen-bond donors (Lipinski definition) is 2. The van der Waals surface area contributed by atoms with E-state index in [-0.39, 0.29) is 0 Å². The lowest BCUT2D eigenvalue weighted by Crippen LogP contribution is -2.33. The summed E-state index contributed by atoms with van der Waals surface area (Å²) in [6, 6.07) is 10.3. The summed E-state index contributed by atoms with van der Waals surface area (Å²) >= 11 is 0. The van der Waals surface area contributed by atoms with Crippen LogP contribution in [0.25, 0.3) is 33.8 Å². The van der Waals surface area contributed by atoms with Crippen molar-refractivity contribution < 1.29 is 0 Å². The van der Waals surface area contributed by atoms with Gasteiger partial charge < -0.3 is 10.6 Å². The molecule has 0 spiro atoms. The number of benzene rings is 1. The number of nitrogens with one attached hydrogen (secondary N) is 2. The molecule has 164 valence electrons. The molecule has 2 N–H and O–H groups in total. The average Bonchev–Trinajstić information content (AvgIpc) is 3.46. The van der Waals surface area contributed by atoms with Gasteiger partial charge in [0.2, 0.25) is 0 Å². The Morgan fingerprint density at radius 1 is 1.09 bits per heavy atom. The van der Waals surface area contributed by atoms with Gasteiger partial charge in [0.25, 0.3) is 0 Å². The van der Waals surface area contributed by atoms with Crippen LogP contribution in [0.5, 0.6) is 0 Å². The monoisotopic (exact) mass is 428 g/mol. The van der Waals surface area contributed by atoms with Crippen molar-refractivity contribution in [3.63, 3.8) is 0 Å². The molecule has 8 nitrogen and oxygen atoms in total. The summed E-state index contributed by atoms with van der Waals surface area (Å²) in [5.41, 5.74) is 4.92. The Morgan fingerprint density at radius 3 is 2.75 bits per heavy atom. The smallest absolute Gasteiger partial charge is 0.161 e. The van der Waals surface area contributed by atoms with E-state index < -0.39 is 0 Å². The fourth-order valence-electron chi connectivity index (χ4n) is 4.15. The van der Waals surface area contributed by atoms with E-state index in [1.54, 1.807) is 4.68 Å². The molecule has 1 aliphatic rings. The molecular formula is C24H28N8. The third-order valence-corrected chi connectivity index (χ3v) is 5.89. The van der Waals surface area contributed by atoms with Crippen molar-refractivity contribution in [3.05, 3.63) is 55.1 Å². The van der Waals surface area contributed by atoms with Crippen LogP contribution < -0.4 is 10.6 Å². The van der Waals surface area contributed by atoms with Crippen molar-refractivity contribution in [2.75, 3.05) is 25.0 Å². The lowest BCUT2D eigenvalue weighted by molar-refractivity contribution is 0.392. The zero-order valence-electron chi connectivity index (χ0n) is 18.5. The highest BCUT2D eigenvalue weighted by Gasteiger charge is 2.17. The van der Waals surface area contributed by atoms with E-state index in [0.29, 0.717) is 11.7 Å². The van der Waals surface area contributed by atoms with Crippen molar-refractivity contribution in [1.29, 1.82) is 0 Å². The van der Waals surface area contributed by atoms with Gasteiger partial charge in [-0.2, -0.15) is 10.2 Å².